The maximum absolute atomic E-state index is 13.3. The first-order chi connectivity index (χ1) is 8.61. The molecule has 0 fully saturated rings. The van der Waals surface area contributed by atoms with Gasteiger partial charge in [-0.05, 0) is 31.0 Å². The first-order valence-corrected chi connectivity index (χ1v) is 5.93. The zero-order chi connectivity index (χ0) is 13.1. The van der Waals surface area contributed by atoms with E-state index in [2.05, 4.69) is 5.43 Å². The first kappa shape index (κ1) is 13.1. The molecule has 0 radical (unpaired) electrons. The van der Waals surface area contributed by atoms with Crippen LogP contribution in [0.3, 0.4) is 0 Å². The van der Waals surface area contributed by atoms with Gasteiger partial charge in [-0.1, -0.05) is 23.7 Å². The van der Waals surface area contributed by atoms with Crippen molar-refractivity contribution >= 4 is 11.6 Å². The van der Waals surface area contributed by atoms with Gasteiger partial charge in [0.2, 0.25) is 0 Å². The molecule has 0 saturated carbocycles. The Morgan fingerprint density at radius 3 is 2.89 bits per heavy atom. The van der Waals surface area contributed by atoms with E-state index in [0.29, 0.717) is 12.0 Å². The number of nitrogens with two attached hydrogens (primary N) is 1. The molecule has 1 heterocycles. The van der Waals surface area contributed by atoms with Crippen LogP contribution >= 0.6 is 11.6 Å². The first-order valence-electron chi connectivity index (χ1n) is 5.56. The van der Waals surface area contributed by atoms with Crippen molar-refractivity contribution in [3.63, 3.8) is 0 Å². The van der Waals surface area contributed by atoms with Crippen LogP contribution in [-0.2, 0) is 6.42 Å². The average molecular weight is 269 g/mol. The van der Waals surface area contributed by atoms with Crippen molar-refractivity contribution in [1.29, 1.82) is 0 Å². The number of nitrogens with one attached hydrogen (secondary N) is 1. The summed E-state index contributed by atoms with van der Waals surface area (Å²) < 4.78 is 18.6. The van der Waals surface area contributed by atoms with Crippen LogP contribution in [0, 0.1) is 12.7 Å². The molecule has 0 bridgehead atoms. The Morgan fingerprint density at radius 1 is 1.50 bits per heavy atom. The fraction of sp³-hybridized carbons (Fsp3) is 0.231. The smallest absolute Gasteiger partial charge is 0.142 e. The number of hydrogen-bond donors (Lipinski definition) is 2. The summed E-state index contributed by atoms with van der Waals surface area (Å²) in [7, 11) is 0. The summed E-state index contributed by atoms with van der Waals surface area (Å²) in [5, 5.41) is 0.137. The highest BCUT2D eigenvalue weighted by atomic mass is 35.5. The van der Waals surface area contributed by atoms with Crippen LogP contribution in [0.25, 0.3) is 0 Å². The van der Waals surface area contributed by atoms with E-state index in [9.17, 15) is 4.39 Å². The van der Waals surface area contributed by atoms with E-state index in [1.807, 2.05) is 13.0 Å². The van der Waals surface area contributed by atoms with Gasteiger partial charge in [-0.15, -0.1) is 0 Å². The number of hydrazine groups is 1. The second-order valence-electron chi connectivity index (χ2n) is 4.13. The van der Waals surface area contributed by atoms with Crippen molar-refractivity contribution in [2.45, 2.75) is 19.4 Å². The molecule has 3 nitrogen and oxygen atoms in total. The third-order valence-electron chi connectivity index (χ3n) is 2.81. The summed E-state index contributed by atoms with van der Waals surface area (Å²) in [5.41, 5.74) is 4.31. The van der Waals surface area contributed by atoms with E-state index in [1.165, 1.54) is 6.07 Å². The third kappa shape index (κ3) is 2.72. The normalized spacial score (nSPS) is 12.7. The molecule has 1 unspecified atom stereocenters. The fourth-order valence-electron chi connectivity index (χ4n) is 1.85. The van der Waals surface area contributed by atoms with Gasteiger partial charge in [0.1, 0.15) is 11.6 Å². The van der Waals surface area contributed by atoms with Crippen molar-refractivity contribution in [2.75, 3.05) is 0 Å². The number of rotatable bonds is 4. The summed E-state index contributed by atoms with van der Waals surface area (Å²) in [5.74, 6) is 5.90. The van der Waals surface area contributed by atoms with E-state index in [1.54, 1.807) is 18.4 Å². The Bertz CT molecular complexity index is 542. The molecule has 3 N–H and O–H groups in total. The Balaban J connectivity index is 2.23. The SMILES string of the molecule is Cc1cc(C(Cc2cccc(F)c2Cl)NN)co1. The fourth-order valence-corrected chi connectivity index (χ4v) is 2.05. The van der Waals surface area contributed by atoms with Gasteiger partial charge >= 0.3 is 0 Å². The minimum absolute atomic E-state index is 0.137. The molecule has 0 aliphatic heterocycles. The number of benzene rings is 1. The molecule has 0 aliphatic carbocycles. The summed E-state index contributed by atoms with van der Waals surface area (Å²) in [4.78, 5) is 0. The van der Waals surface area contributed by atoms with Crippen molar-refractivity contribution in [1.82, 2.24) is 5.43 Å². The molecular formula is C13H14ClFN2O. The molecule has 1 aromatic carbocycles. The highest BCUT2D eigenvalue weighted by molar-refractivity contribution is 6.31. The monoisotopic (exact) mass is 268 g/mol. The second-order valence-corrected chi connectivity index (χ2v) is 4.50. The van der Waals surface area contributed by atoms with Crippen molar-refractivity contribution in [3.05, 3.63) is 58.3 Å². The average Bonchev–Trinajstić information content (AvgIpc) is 2.78. The highest BCUT2D eigenvalue weighted by Crippen LogP contribution is 2.26. The van der Waals surface area contributed by atoms with Gasteiger partial charge in [-0.2, -0.15) is 0 Å². The maximum atomic E-state index is 13.3. The van der Waals surface area contributed by atoms with E-state index in [0.717, 1.165) is 11.3 Å². The molecule has 0 spiro atoms. The van der Waals surface area contributed by atoms with Crippen LogP contribution in [-0.4, -0.2) is 0 Å². The zero-order valence-electron chi connectivity index (χ0n) is 9.91. The predicted octanol–water partition coefficient (Wildman–Crippen LogP) is 3.13. The lowest BCUT2D eigenvalue weighted by Gasteiger charge is -2.15. The molecule has 1 aromatic heterocycles. The topological polar surface area (TPSA) is 51.2 Å². The quantitative estimate of drug-likeness (QED) is 0.662. The Kier molecular flexibility index (Phi) is 4.01. The van der Waals surface area contributed by atoms with Crippen molar-refractivity contribution in [3.8, 4) is 0 Å². The van der Waals surface area contributed by atoms with E-state index in [-0.39, 0.29) is 11.1 Å². The van der Waals surface area contributed by atoms with E-state index < -0.39 is 5.82 Å². The van der Waals surface area contributed by atoms with Crippen molar-refractivity contribution in [2.24, 2.45) is 5.84 Å². The Morgan fingerprint density at radius 2 is 2.28 bits per heavy atom. The van der Waals surface area contributed by atoms with Gasteiger partial charge in [0.05, 0.1) is 17.3 Å². The van der Waals surface area contributed by atoms with Gasteiger partial charge in [0, 0.05) is 5.56 Å². The molecule has 0 aliphatic rings. The maximum Gasteiger partial charge on any atom is 0.142 e. The summed E-state index contributed by atoms with van der Waals surface area (Å²) in [6.07, 6.45) is 2.12. The zero-order valence-corrected chi connectivity index (χ0v) is 10.7. The van der Waals surface area contributed by atoms with E-state index in [4.69, 9.17) is 21.9 Å². The molecule has 1 atom stereocenters. The Labute approximate surface area is 110 Å². The number of halogens is 2. The summed E-state index contributed by atoms with van der Waals surface area (Å²) in [6, 6.07) is 6.46. The lowest BCUT2D eigenvalue weighted by Crippen LogP contribution is -2.29. The van der Waals surface area contributed by atoms with Gasteiger partial charge in [0.15, 0.2) is 0 Å². The number of aryl methyl sites for hydroxylation is 1. The molecular weight excluding hydrogens is 255 g/mol. The van der Waals surface area contributed by atoms with Crippen LogP contribution in [0.15, 0.2) is 34.9 Å². The molecule has 96 valence electrons. The van der Waals surface area contributed by atoms with Crippen LogP contribution in [0.4, 0.5) is 4.39 Å². The Hall–Kier alpha value is -1.36. The molecule has 0 saturated heterocycles. The molecule has 5 heteroatoms. The lowest BCUT2D eigenvalue weighted by atomic mass is 10.0. The van der Waals surface area contributed by atoms with Gasteiger partial charge in [-0.25, -0.2) is 4.39 Å². The molecule has 18 heavy (non-hydrogen) atoms. The van der Waals surface area contributed by atoms with Gasteiger partial charge in [0.25, 0.3) is 0 Å². The highest BCUT2D eigenvalue weighted by Gasteiger charge is 2.15. The minimum atomic E-state index is -0.423. The summed E-state index contributed by atoms with van der Waals surface area (Å²) >= 11 is 5.92. The van der Waals surface area contributed by atoms with Crippen LogP contribution in [0.1, 0.15) is 22.9 Å². The van der Waals surface area contributed by atoms with Crippen LogP contribution in [0.2, 0.25) is 5.02 Å². The standard InChI is InChI=1S/C13H14ClFN2O/c1-8-5-10(7-18-8)12(17-16)6-9-3-2-4-11(15)13(9)14/h2-5,7,12,17H,6,16H2,1H3. The number of hydrogen-bond acceptors (Lipinski definition) is 3. The van der Waals surface area contributed by atoms with Crippen LogP contribution < -0.4 is 11.3 Å². The molecule has 0 amide bonds. The summed E-state index contributed by atoms with van der Waals surface area (Å²) in [6.45, 7) is 1.85. The number of furan rings is 1. The molecule has 2 rings (SSSR count). The lowest BCUT2D eigenvalue weighted by molar-refractivity contribution is 0.511. The van der Waals surface area contributed by atoms with E-state index >= 15 is 0 Å². The van der Waals surface area contributed by atoms with Crippen molar-refractivity contribution < 1.29 is 8.81 Å². The second kappa shape index (κ2) is 5.52. The van der Waals surface area contributed by atoms with Gasteiger partial charge < -0.3 is 4.42 Å². The van der Waals surface area contributed by atoms with Crippen LogP contribution in [0.5, 0.6) is 0 Å². The van der Waals surface area contributed by atoms with Gasteiger partial charge in [-0.3, -0.25) is 11.3 Å². The minimum Gasteiger partial charge on any atom is -0.469 e. The largest absolute Gasteiger partial charge is 0.469 e. The predicted molar refractivity (Wildman–Crippen MR) is 68.6 cm³/mol. The third-order valence-corrected chi connectivity index (χ3v) is 3.23. The molecule has 2 aromatic rings.